The van der Waals surface area contributed by atoms with E-state index in [0.29, 0.717) is 0 Å². The SMILES string of the molecule is [N]=NC1=NC=CCC1=O. The average molecular weight is 122 g/mol. The number of aliphatic imine (C=N–C) groups is 1. The molecule has 1 aliphatic rings. The number of ketones is 1. The van der Waals surface area contributed by atoms with Crippen LogP contribution >= 0.6 is 0 Å². The maximum Gasteiger partial charge on any atom is 0.220 e. The first-order valence-electron chi connectivity index (χ1n) is 2.45. The summed E-state index contributed by atoms with van der Waals surface area (Å²) in [5, 5.41) is 2.68. The van der Waals surface area contributed by atoms with Crippen LogP contribution in [0.3, 0.4) is 0 Å². The summed E-state index contributed by atoms with van der Waals surface area (Å²) < 4.78 is 0. The van der Waals surface area contributed by atoms with E-state index >= 15 is 0 Å². The fourth-order valence-corrected chi connectivity index (χ4v) is 0.528. The number of amidine groups is 1. The molecule has 0 saturated heterocycles. The van der Waals surface area contributed by atoms with Gasteiger partial charge in [0.1, 0.15) is 0 Å². The first-order valence-corrected chi connectivity index (χ1v) is 2.45. The van der Waals surface area contributed by atoms with Gasteiger partial charge in [-0.1, -0.05) is 6.08 Å². The van der Waals surface area contributed by atoms with Crippen molar-refractivity contribution in [1.82, 2.24) is 5.53 Å². The van der Waals surface area contributed by atoms with Crippen molar-refractivity contribution >= 4 is 11.6 Å². The number of nitrogens with zero attached hydrogens (tertiary/aromatic N) is 3. The Morgan fingerprint density at radius 3 is 3.00 bits per heavy atom. The Hall–Kier alpha value is -1.32. The highest BCUT2D eigenvalue weighted by molar-refractivity contribution is 6.39. The molecule has 0 aliphatic carbocycles. The van der Waals surface area contributed by atoms with Crippen molar-refractivity contribution in [2.24, 2.45) is 10.1 Å². The van der Waals surface area contributed by atoms with Gasteiger partial charge in [-0.2, -0.15) is 0 Å². The number of carbonyl (C=O) groups excluding carboxylic acids is 1. The third-order valence-electron chi connectivity index (χ3n) is 0.950. The molecule has 0 fully saturated rings. The maximum atomic E-state index is 10.6. The summed E-state index contributed by atoms with van der Waals surface area (Å²) in [6.45, 7) is 0. The average Bonchev–Trinajstić information content (AvgIpc) is 1.89. The topological polar surface area (TPSA) is 64.1 Å². The highest BCUT2D eigenvalue weighted by Crippen LogP contribution is 1.98. The van der Waals surface area contributed by atoms with Gasteiger partial charge in [0.15, 0.2) is 0 Å². The van der Waals surface area contributed by atoms with Crippen molar-refractivity contribution in [3.05, 3.63) is 12.3 Å². The number of carbonyl (C=O) groups is 1. The lowest BCUT2D eigenvalue weighted by Gasteiger charge is -1.95. The zero-order chi connectivity index (χ0) is 6.69. The molecule has 0 saturated carbocycles. The highest BCUT2D eigenvalue weighted by atomic mass is 16.1. The second kappa shape index (κ2) is 2.30. The van der Waals surface area contributed by atoms with E-state index in [1.165, 1.54) is 6.20 Å². The minimum atomic E-state index is -0.250. The normalized spacial score (nSPS) is 17.3. The molecule has 0 aromatic rings. The quantitative estimate of drug-likeness (QED) is 0.421. The Balaban J connectivity index is 2.86. The summed E-state index contributed by atoms with van der Waals surface area (Å²) in [6, 6.07) is 0. The number of hydrogen-bond donors (Lipinski definition) is 0. The molecule has 9 heavy (non-hydrogen) atoms. The van der Waals surface area contributed by atoms with Crippen LogP contribution in [0, 0.1) is 0 Å². The molecular weight excluding hydrogens is 118 g/mol. The van der Waals surface area contributed by atoms with Gasteiger partial charge >= 0.3 is 0 Å². The van der Waals surface area contributed by atoms with Crippen LogP contribution < -0.4 is 5.53 Å². The Bertz CT molecular complexity index is 204. The van der Waals surface area contributed by atoms with E-state index in [-0.39, 0.29) is 18.0 Å². The van der Waals surface area contributed by atoms with Crippen LogP contribution in [-0.2, 0) is 4.79 Å². The summed E-state index contributed by atoms with van der Waals surface area (Å²) >= 11 is 0. The Morgan fingerprint density at radius 2 is 2.56 bits per heavy atom. The summed E-state index contributed by atoms with van der Waals surface area (Å²) in [7, 11) is 0. The van der Waals surface area contributed by atoms with Crippen molar-refractivity contribution in [2.45, 2.75) is 6.42 Å². The number of allylic oxidation sites excluding steroid dienone is 1. The molecule has 4 heteroatoms. The minimum Gasteiger partial charge on any atom is -0.290 e. The molecule has 0 aromatic heterocycles. The molecule has 0 amide bonds. The molecule has 1 aliphatic heterocycles. The zero-order valence-electron chi connectivity index (χ0n) is 4.61. The largest absolute Gasteiger partial charge is 0.290 e. The van der Waals surface area contributed by atoms with Gasteiger partial charge in [0.05, 0.1) is 0 Å². The second-order valence-electron chi connectivity index (χ2n) is 1.56. The van der Waals surface area contributed by atoms with E-state index in [2.05, 4.69) is 10.1 Å². The van der Waals surface area contributed by atoms with Crippen molar-refractivity contribution in [3.8, 4) is 0 Å². The minimum absolute atomic E-state index is 0.113. The third kappa shape index (κ3) is 1.07. The van der Waals surface area contributed by atoms with Gasteiger partial charge in [-0.25, -0.2) is 4.99 Å². The first kappa shape index (κ1) is 5.81. The van der Waals surface area contributed by atoms with Crippen LogP contribution in [0.4, 0.5) is 0 Å². The molecule has 0 atom stereocenters. The number of Topliss-reactive ketones (excluding diaryl/α,β-unsaturated/α-hetero) is 1. The predicted octanol–water partition coefficient (Wildman–Crippen LogP) is 0.124. The summed E-state index contributed by atoms with van der Waals surface area (Å²) in [5.41, 5.74) is 8.10. The zero-order valence-corrected chi connectivity index (χ0v) is 4.61. The van der Waals surface area contributed by atoms with E-state index in [1.807, 2.05) is 0 Å². The van der Waals surface area contributed by atoms with Crippen LogP contribution in [0.15, 0.2) is 22.4 Å². The van der Waals surface area contributed by atoms with Gasteiger partial charge < -0.3 is 0 Å². The molecule has 0 spiro atoms. The second-order valence-corrected chi connectivity index (χ2v) is 1.56. The van der Waals surface area contributed by atoms with Gasteiger partial charge in [0, 0.05) is 12.6 Å². The molecule has 1 rings (SSSR count). The molecule has 45 valence electrons. The van der Waals surface area contributed by atoms with E-state index in [0.717, 1.165) is 0 Å². The Kier molecular flexibility index (Phi) is 1.48. The Morgan fingerprint density at radius 1 is 1.78 bits per heavy atom. The monoisotopic (exact) mass is 122 g/mol. The summed E-state index contributed by atoms with van der Waals surface area (Å²) in [4.78, 5) is 14.1. The lowest BCUT2D eigenvalue weighted by molar-refractivity contribution is -0.112. The summed E-state index contributed by atoms with van der Waals surface area (Å²) in [6.07, 6.45) is 3.33. The van der Waals surface area contributed by atoms with Crippen molar-refractivity contribution in [1.29, 1.82) is 0 Å². The van der Waals surface area contributed by atoms with Crippen LogP contribution in [0.25, 0.3) is 0 Å². The number of rotatable bonds is 0. The van der Waals surface area contributed by atoms with Gasteiger partial charge in [0.2, 0.25) is 11.6 Å². The van der Waals surface area contributed by atoms with Crippen LogP contribution in [0.5, 0.6) is 0 Å². The van der Waals surface area contributed by atoms with E-state index in [9.17, 15) is 4.79 Å². The van der Waals surface area contributed by atoms with Crippen LogP contribution in [0.2, 0.25) is 0 Å². The van der Waals surface area contributed by atoms with Gasteiger partial charge in [0.25, 0.3) is 0 Å². The van der Waals surface area contributed by atoms with E-state index < -0.39 is 0 Å². The highest BCUT2D eigenvalue weighted by Gasteiger charge is 2.10. The summed E-state index contributed by atoms with van der Waals surface area (Å²) in [5.74, 6) is -0.363. The van der Waals surface area contributed by atoms with E-state index in [4.69, 9.17) is 5.53 Å². The molecule has 4 nitrogen and oxygen atoms in total. The fraction of sp³-hybridized carbons (Fsp3) is 0.200. The molecule has 0 N–H and O–H groups in total. The molecule has 1 radical (unpaired) electrons. The molecule has 0 unspecified atom stereocenters. The molecule has 1 heterocycles. The van der Waals surface area contributed by atoms with Gasteiger partial charge in [-0.05, 0) is 5.53 Å². The molecule has 0 aromatic carbocycles. The molecule has 0 bridgehead atoms. The standard InChI is InChI=1S/C5H4N3O/c6-8-5-4(9)2-1-3-7-5/h1,3H,2H2. The van der Waals surface area contributed by atoms with Crippen LogP contribution in [0.1, 0.15) is 6.42 Å². The number of hydrogen-bond acceptors (Lipinski definition) is 3. The van der Waals surface area contributed by atoms with Gasteiger partial charge in [-0.15, -0.1) is 5.11 Å². The smallest absolute Gasteiger partial charge is 0.220 e. The molecular formula is C5H4N3O. The van der Waals surface area contributed by atoms with Crippen LogP contribution in [-0.4, -0.2) is 11.6 Å². The van der Waals surface area contributed by atoms with Gasteiger partial charge in [-0.3, -0.25) is 4.79 Å². The van der Waals surface area contributed by atoms with Crippen molar-refractivity contribution in [2.75, 3.05) is 0 Å². The van der Waals surface area contributed by atoms with Crippen molar-refractivity contribution in [3.63, 3.8) is 0 Å². The maximum absolute atomic E-state index is 10.6. The predicted molar refractivity (Wildman–Crippen MR) is 30.8 cm³/mol. The lowest BCUT2D eigenvalue weighted by Crippen LogP contribution is -2.11. The first-order chi connectivity index (χ1) is 4.34. The third-order valence-corrected chi connectivity index (χ3v) is 0.950. The Labute approximate surface area is 51.8 Å². The fourth-order valence-electron chi connectivity index (χ4n) is 0.528. The van der Waals surface area contributed by atoms with Crippen molar-refractivity contribution < 1.29 is 4.79 Å². The lowest BCUT2D eigenvalue weighted by atomic mass is 10.2. The van der Waals surface area contributed by atoms with E-state index in [1.54, 1.807) is 6.08 Å².